The molecule has 0 unspecified atom stereocenters. The van der Waals surface area contributed by atoms with Crippen molar-refractivity contribution < 1.29 is 4.79 Å². The molecule has 4 aromatic rings. The zero-order valence-electron chi connectivity index (χ0n) is 15.6. The predicted molar refractivity (Wildman–Crippen MR) is 125 cm³/mol. The van der Waals surface area contributed by atoms with Crippen LogP contribution >= 0.6 is 23.2 Å². The van der Waals surface area contributed by atoms with Crippen molar-refractivity contribution in [3.8, 4) is 0 Å². The zero-order valence-corrected chi connectivity index (χ0v) is 19.9. The summed E-state index contributed by atoms with van der Waals surface area (Å²) in [5.41, 5.74) is 0.420. The summed E-state index contributed by atoms with van der Waals surface area (Å²) in [5.74, 6) is 0. The Balaban J connectivity index is 2.13. The van der Waals surface area contributed by atoms with E-state index in [2.05, 4.69) is 36.4 Å². The molecule has 1 nitrogen and oxygen atoms in total. The van der Waals surface area contributed by atoms with E-state index in [0.29, 0.717) is 15.6 Å². The third kappa shape index (κ3) is 3.63. The molecule has 4 aromatic carbocycles. The average Bonchev–Trinajstić information content (AvgIpc) is 2.77. The molecule has 0 aliphatic rings. The number of hydrogen-bond acceptors (Lipinski definition) is 1. The monoisotopic (exact) mass is 524 g/mol. The van der Waals surface area contributed by atoms with Crippen LogP contribution in [-0.2, 0) is 0 Å². The normalized spacial score (nSPS) is 11.2. The van der Waals surface area contributed by atoms with Gasteiger partial charge in [0.25, 0.3) is 0 Å². The predicted octanol–water partition coefficient (Wildman–Crippen LogP) is 4.89. The van der Waals surface area contributed by atoms with E-state index in [-0.39, 0.29) is 3.80 Å². The molecular formula is C25H18Cl2OSn. The molecule has 142 valence electrons. The van der Waals surface area contributed by atoms with Crippen molar-refractivity contribution in [2.45, 2.75) is 0 Å². The summed E-state index contributed by atoms with van der Waals surface area (Å²) in [6, 6.07) is 35.5. The van der Waals surface area contributed by atoms with Gasteiger partial charge in [-0.3, -0.25) is 0 Å². The summed E-state index contributed by atoms with van der Waals surface area (Å²) in [6.07, 6.45) is 0. The van der Waals surface area contributed by atoms with E-state index in [1.807, 2.05) is 54.6 Å². The maximum absolute atomic E-state index is 14.4. The molecule has 0 aromatic heterocycles. The van der Waals surface area contributed by atoms with Gasteiger partial charge in [0.15, 0.2) is 0 Å². The third-order valence-electron chi connectivity index (χ3n) is 5.15. The van der Waals surface area contributed by atoms with Crippen molar-refractivity contribution in [2.24, 2.45) is 0 Å². The van der Waals surface area contributed by atoms with Crippen molar-refractivity contribution in [2.75, 3.05) is 0 Å². The Bertz CT molecular complexity index is 1010. The quantitative estimate of drug-likeness (QED) is 0.341. The summed E-state index contributed by atoms with van der Waals surface area (Å²) in [4.78, 5) is 14.4. The van der Waals surface area contributed by atoms with E-state index in [1.54, 1.807) is 18.2 Å². The van der Waals surface area contributed by atoms with Crippen molar-refractivity contribution in [1.82, 2.24) is 0 Å². The topological polar surface area (TPSA) is 17.1 Å². The Labute approximate surface area is 184 Å². The Morgan fingerprint density at radius 3 is 1.21 bits per heavy atom. The standard InChI is InChI=1S/C7H3Cl2O.3C6H5.Sn/c8-6-2-1-3-7(9)5(6)4-10;3*1-2-4-6-5-3-1;/h1-3H;3*1-5H;. The number of carbonyl (C=O) groups excluding carboxylic acids is 1. The first-order valence-electron chi connectivity index (χ1n) is 9.31. The van der Waals surface area contributed by atoms with E-state index in [0.717, 1.165) is 10.7 Å². The van der Waals surface area contributed by atoms with Gasteiger partial charge in [-0.2, -0.15) is 0 Å². The van der Waals surface area contributed by atoms with E-state index in [1.165, 1.54) is 0 Å². The molecule has 0 fully saturated rings. The molecule has 0 atom stereocenters. The van der Waals surface area contributed by atoms with Crippen LogP contribution in [-0.4, -0.2) is 22.2 Å². The van der Waals surface area contributed by atoms with E-state index >= 15 is 0 Å². The number of rotatable bonds is 5. The van der Waals surface area contributed by atoms with Crippen LogP contribution in [0.15, 0.2) is 109 Å². The van der Waals surface area contributed by atoms with Gasteiger partial charge >= 0.3 is 186 Å². The number of halogens is 2. The number of hydrogen-bond donors (Lipinski definition) is 0. The maximum atomic E-state index is 14.4. The first kappa shape index (κ1) is 20.2. The zero-order chi connectivity index (χ0) is 20.3. The summed E-state index contributed by atoms with van der Waals surface area (Å²) >= 11 is 8.85. The van der Waals surface area contributed by atoms with Gasteiger partial charge in [0.2, 0.25) is 0 Å². The second kappa shape index (κ2) is 8.74. The molecule has 4 rings (SSSR count). The molecule has 4 heteroatoms. The second-order valence-corrected chi connectivity index (χ2v) is 18.1. The Kier molecular flexibility index (Phi) is 6.09. The fourth-order valence-corrected chi connectivity index (χ4v) is 17.7. The minimum atomic E-state index is -4.19. The first-order chi connectivity index (χ1) is 14.2. The molecule has 0 heterocycles. The SMILES string of the molecule is O=[C](c1c(Cl)cccc1Cl)[Sn]([c]1ccccc1)([c]1ccccc1)[c]1ccccc1. The Morgan fingerprint density at radius 2 is 0.862 bits per heavy atom. The third-order valence-corrected chi connectivity index (χ3v) is 18.7. The van der Waals surface area contributed by atoms with Crippen LogP contribution in [0.3, 0.4) is 0 Å². The van der Waals surface area contributed by atoms with Gasteiger partial charge in [-0.25, -0.2) is 0 Å². The molecule has 0 bridgehead atoms. The van der Waals surface area contributed by atoms with Gasteiger partial charge < -0.3 is 0 Å². The molecule has 0 aliphatic heterocycles. The second-order valence-electron chi connectivity index (χ2n) is 6.77. The molecule has 0 spiro atoms. The van der Waals surface area contributed by atoms with Crippen LogP contribution in [0.2, 0.25) is 10.0 Å². The van der Waals surface area contributed by atoms with E-state index in [9.17, 15) is 4.79 Å². The molecular weight excluding hydrogens is 506 g/mol. The number of benzene rings is 4. The Hall–Kier alpha value is -2.07. The van der Waals surface area contributed by atoms with Gasteiger partial charge in [0, 0.05) is 0 Å². The summed E-state index contributed by atoms with van der Waals surface area (Å²) in [5, 5.41) is 0.790. The molecule has 0 aliphatic carbocycles. The van der Waals surface area contributed by atoms with E-state index in [4.69, 9.17) is 23.2 Å². The molecule has 0 radical (unpaired) electrons. The van der Waals surface area contributed by atoms with E-state index < -0.39 is 18.4 Å². The Morgan fingerprint density at radius 1 is 0.517 bits per heavy atom. The summed E-state index contributed by atoms with van der Waals surface area (Å²) in [7, 11) is 0. The molecule has 0 saturated heterocycles. The van der Waals surface area contributed by atoms with Crippen LogP contribution in [0.1, 0.15) is 10.4 Å². The average molecular weight is 524 g/mol. The first-order valence-corrected chi connectivity index (χ1v) is 15.8. The molecule has 0 saturated carbocycles. The van der Waals surface area contributed by atoms with Crippen LogP contribution in [0.25, 0.3) is 0 Å². The summed E-state index contributed by atoms with van der Waals surface area (Å²) in [6.45, 7) is 0. The van der Waals surface area contributed by atoms with Gasteiger partial charge in [0.1, 0.15) is 0 Å². The van der Waals surface area contributed by atoms with Crippen LogP contribution in [0, 0.1) is 0 Å². The van der Waals surface area contributed by atoms with Gasteiger partial charge in [-0.1, -0.05) is 0 Å². The van der Waals surface area contributed by atoms with Gasteiger partial charge in [-0.15, -0.1) is 0 Å². The van der Waals surface area contributed by atoms with Crippen LogP contribution in [0.5, 0.6) is 0 Å². The van der Waals surface area contributed by atoms with Crippen molar-refractivity contribution in [1.29, 1.82) is 0 Å². The minimum absolute atomic E-state index is 0.0542. The molecule has 0 amide bonds. The van der Waals surface area contributed by atoms with Crippen molar-refractivity contribution >= 4 is 56.1 Å². The molecule has 29 heavy (non-hydrogen) atoms. The van der Waals surface area contributed by atoms with Crippen LogP contribution in [0.4, 0.5) is 0 Å². The summed E-state index contributed by atoms with van der Waals surface area (Å²) < 4.78 is 3.26. The fraction of sp³-hybridized carbons (Fsp3) is 0. The van der Waals surface area contributed by atoms with Crippen LogP contribution < -0.4 is 10.7 Å². The van der Waals surface area contributed by atoms with Gasteiger partial charge in [0.05, 0.1) is 0 Å². The number of carbonyl (C=O) groups is 1. The van der Waals surface area contributed by atoms with Crippen molar-refractivity contribution in [3.63, 3.8) is 0 Å². The van der Waals surface area contributed by atoms with Crippen molar-refractivity contribution in [3.05, 3.63) is 125 Å². The fourth-order valence-electron chi connectivity index (χ4n) is 3.86. The van der Waals surface area contributed by atoms with Gasteiger partial charge in [-0.05, 0) is 0 Å². The molecule has 0 N–H and O–H groups in total.